The molecule has 2 aromatic heterocycles. The van der Waals surface area contributed by atoms with Gasteiger partial charge in [0.05, 0.1) is 17.0 Å². The maximum absolute atomic E-state index is 13.3. The van der Waals surface area contributed by atoms with Gasteiger partial charge in [0.25, 0.3) is 17.4 Å². The highest BCUT2D eigenvalue weighted by atomic mass is 16.2. The van der Waals surface area contributed by atoms with Crippen LogP contribution in [0.2, 0.25) is 0 Å². The Morgan fingerprint density at radius 2 is 1.48 bits per heavy atom. The molecule has 8 nitrogen and oxygen atoms in total. The molecule has 1 saturated heterocycles. The number of hydrogen-bond acceptors (Lipinski definition) is 5. The predicted octanol–water partition coefficient (Wildman–Crippen LogP) is 2.39. The van der Waals surface area contributed by atoms with Crippen LogP contribution in [0.25, 0.3) is 0 Å². The number of nitrogens with zero attached hydrogens (tertiary/aromatic N) is 4. The number of rotatable bonds is 2. The van der Waals surface area contributed by atoms with Crippen LogP contribution in [0.1, 0.15) is 75.3 Å². The Balaban J connectivity index is 1.61. The Morgan fingerprint density at radius 3 is 2.16 bits per heavy atom. The number of carbonyl (C=O) groups is 2. The molecule has 4 heterocycles. The molecule has 1 N–H and O–H groups in total. The third-order valence-electron chi connectivity index (χ3n) is 6.37. The highest BCUT2D eigenvalue weighted by molar-refractivity contribution is 5.97. The van der Waals surface area contributed by atoms with Gasteiger partial charge < -0.3 is 14.8 Å². The van der Waals surface area contributed by atoms with E-state index in [0.29, 0.717) is 49.6 Å². The summed E-state index contributed by atoms with van der Waals surface area (Å²) in [6.45, 7) is 5.79. The quantitative estimate of drug-likeness (QED) is 0.800. The first-order valence-electron chi connectivity index (χ1n) is 11.1. The molecule has 2 aliphatic rings. The number of likely N-dealkylation sites (tertiary alicyclic amines) is 1. The Kier molecular flexibility index (Phi) is 6.15. The summed E-state index contributed by atoms with van der Waals surface area (Å²) in [7, 11) is 0. The number of hydrogen-bond donors (Lipinski definition) is 1. The number of aryl methyl sites for hydroxylation is 2. The second-order valence-electron chi connectivity index (χ2n) is 8.45. The third-order valence-corrected chi connectivity index (χ3v) is 6.37. The summed E-state index contributed by atoms with van der Waals surface area (Å²) in [4.78, 5) is 53.7. The fraction of sp³-hybridized carbons (Fsp3) is 0.522. The molecule has 0 radical (unpaired) electrons. The molecular formula is C23H29N5O3. The van der Waals surface area contributed by atoms with Gasteiger partial charge in [0.1, 0.15) is 11.9 Å². The van der Waals surface area contributed by atoms with Crippen LogP contribution < -0.4 is 5.56 Å². The number of amides is 2. The second-order valence-corrected chi connectivity index (χ2v) is 8.45. The molecule has 2 aliphatic heterocycles. The minimum Gasteiger partial charge on any atom is -0.338 e. The Labute approximate surface area is 181 Å². The fourth-order valence-corrected chi connectivity index (χ4v) is 4.64. The van der Waals surface area contributed by atoms with E-state index in [2.05, 4.69) is 15.0 Å². The molecule has 0 atom stereocenters. The minimum atomic E-state index is -0.339. The van der Waals surface area contributed by atoms with Crippen molar-refractivity contribution in [1.82, 2.24) is 24.8 Å². The molecule has 2 amide bonds. The van der Waals surface area contributed by atoms with Crippen molar-refractivity contribution in [2.45, 2.75) is 58.9 Å². The largest absolute Gasteiger partial charge is 0.338 e. The summed E-state index contributed by atoms with van der Waals surface area (Å²) in [6.07, 6.45) is 8.96. The molecule has 4 rings (SSSR count). The van der Waals surface area contributed by atoms with Gasteiger partial charge in [-0.25, -0.2) is 9.97 Å². The Hall–Kier alpha value is -3.03. The summed E-state index contributed by atoms with van der Waals surface area (Å²) >= 11 is 0. The number of H-pyrrole nitrogens is 1. The lowest BCUT2D eigenvalue weighted by Gasteiger charge is -2.31. The number of carbonyl (C=O) groups excluding carboxylic acids is 2. The van der Waals surface area contributed by atoms with Crippen molar-refractivity contribution in [3.8, 4) is 0 Å². The first kappa shape index (κ1) is 21.2. The average Bonchev–Trinajstić information content (AvgIpc) is 2.72. The van der Waals surface area contributed by atoms with Gasteiger partial charge in [0, 0.05) is 32.4 Å². The maximum Gasteiger partial charge on any atom is 0.261 e. The van der Waals surface area contributed by atoms with Gasteiger partial charge in [0.2, 0.25) is 0 Å². The van der Waals surface area contributed by atoms with E-state index in [0.717, 1.165) is 36.8 Å². The van der Waals surface area contributed by atoms with E-state index < -0.39 is 0 Å². The van der Waals surface area contributed by atoms with E-state index in [1.165, 1.54) is 12.7 Å². The van der Waals surface area contributed by atoms with Gasteiger partial charge in [-0.3, -0.25) is 14.4 Å². The molecule has 164 valence electrons. The fourth-order valence-electron chi connectivity index (χ4n) is 4.64. The van der Waals surface area contributed by atoms with Gasteiger partial charge in [-0.2, -0.15) is 0 Å². The van der Waals surface area contributed by atoms with Crippen LogP contribution in [0.4, 0.5) is 0 Å². The van der Waals surface area contributed by atoms with Crippen LogP contribution in [0.3, 0.4) is 0 Å². The molecule has 2 aromatic rings. The highest BCUT2D eigenvalue weighted by Crippen LogP contribution is 2.24. The van der Waals surface area contributed by atoms with Crippen LogP contribution in [0.5, 0.6) is 0 Å². The van der Waals surface area contributed by atoms with Crippen LogP contribution in [-0.2, 0) is 13.0 Å². The van der Waals surface area contributed by atoms with Gasteiger partial charge in [0.15, 0.2) is 0 Å². The van der Waals surface area contributed by atoms with E-state index in [-0.39, 0.29) is 22.9 Å². The van der Waals surface area contributed by atoms with E-state index in [1.54, 1.807) is 24.9 Å². The van der Waals surface area contributed by atoms with Gasteiger partial charge in [-0.1, -0.05) is 19.3 Å². The topological polar surface area (TPSA) is 99.3 Å². The van der Waals surface area contributed by atoms with Gasteiger partial charge in [-0.05, 0) is 44.2 Å². The number of aromatic nitrogens is 3. The second kappa shape index (κ2) is 8.99. The molecule has 1 fully saturated rings. The molecule has 0 aliphatic carbocycles. The van der Waals surface area contributed by atoms with Crippen LogP contribution in [0.15, 0.2) is 17.3 Å². The summed E-state index contributed by atoms with van der Waals surface area (Å²) in [5.41, 5.74) is 3.33. The summed E-state index contributed by atoms with van der Waals surface area (Å²) in [6, 6.07) is 0. The van der Waals surface area contributed by atoms with Gasteiger partial charge >= 0.3 is 0 Å². The van der Waals surface area contributed by atoms with Crippen molar-refractivity contribution in [2.75, 3.05) is 19.6 Å². The molecule has 0 aromatic carbocycles. The molecular weight excluding hydrogens is 394 g/mol. The Morgan fingerprint density at radius 1 is 0.871 bits per heavy atom. The van der Waals surface area contributed by atoms with E-state index in [1.807, 2.05) is 4.90 Å². The molecule has 0 unspecified atom stereocenters. The average molecular weight is 424 g/mol. The maximum atomic E-state index is 13.3. The van der Waals surface area contributed by atoms with Crippen molar-refractivity contribution in [3.63, 3.8) is 0 Å². The van der Waals surface area contributed by atoms with E-state index in [4.69, 9.17) is 0 Å². The van der Waals surface area contributed by atoms with Crippen molar-refractivity contribution in [1.29, 1.82) is 0 Å². The van der Waals surface area contributed by atoms with Crippen LogP contribution in [-0.4, -0.2) is 56.2 Å². The first-order valence-corrected chi connectivity index (χ1v) is 11.1. The zero-order chi connectivity index (χ0) is 22.0. The molecule has 0 spiro atoms. The lowest BCUT2D eigenvalue weighted by molar-refractivity contribution is 0.0727. The summed E-state index contributed by atoms with van der Waals surface area (Å²) in [5.74, 6) is -0.299. The van der Waals surface area contributed by atoms with Crippen molar-refractivity contribution in [3.05, 3.63) is 56.5 Å². The van der Waals surface area contributed by atoms with E-state index in [9.17, 15) is 14.4 Å². The number of fused-ring (bicyclic) bond motifs is 1. The van der Waals surface area contributed by atoms with Crippen LogP contribution >= 0.6 is 0 Å². The number of pyridine rings is 1. The molecule has 0 saturated carbocycles. The highest BCUT2D eigenvalue weighted by Gasteiger charge is 2.30. The minimum absolute atomic E-state index is 0.121. The standard InChI is InChI=1S/C23H29N5O3/c1-15-19(16(2)26-14-25-15)22(30)28-11-8-18-17(13-28)12-24-21(29)20(18)23(31)27-9-6-4-3-5-7-10-27/h12,14H,3-11,13H2,1-2H3,(H,24,29). The molecule has 31 heavy (non-hydrogen) atoms. The van der Waals surface area contributed by atoms with Crippen molar-refractivity contribution < 1.29 is 9.59 Å². The van der Waals surface area contributed by atoms with Crippen molar-refractivity contribution >= 4 is 11.8 Å². The number of nitrogens with one attached hydrogen (secondary N) is 1. The zero-order valence-electron chi connectivity index (χ0n) is 18.2. The zero-order valence-corrected chi connectivity index (χ0v) is 18.2. The lowest BCUT2D eigenvalue weighted by atomic mass is 9.95. The first-order chi connectivity index (χ1) is 15.0. The summed E-state index contributed by atoms with van der Waals surface area (Å²) in [5, 5.41) is 0. The lowest BCUT2D eigenvalue weighted by Crippen LogP contribution is -2.42. The Bertz CT molecular complexity index is 1030. The van der Waals surface area contributed by atoms with Gasteiger partial charge in [-0.15, -0.1) is 0 Å². The molecule has 8 heteroatoms. The van der Waals surface area contributed by atoms with Crippen LogP contribution in [0, 0.1) is 13.8 Å². The monoisotopic (exact) mass is 423 g/mol. The summed E-state index contributed by atoms with van der Waals surface area (Å²) < 4.78 is 0. The molecule has 0 bridgehead atoms. The predicted molar refractivity (Wildman–Crippen MR) is 116 cm³/mol. The smallest absolute Gasteiger partial charge is 0.261 e. The third kappa shape index (κ3) is 4.24. The SMILES string of the molecule is Cc1ncnc(C)c1C(=O)N1CCc2c(c[nH]c(=O)c2C(=O)N2CCCCCCC2)C1. The normalized spacial score (nSPS) is 17.0. The number of aromatic amines is 1. The van der Waals surface area contributed by atoms with E-state index >= 15 is 0 Å². The van der Waals surface area contributed by atoms with Crippen molar-refractivity contribution in [2.24, 2.45) is 0 Å².